The van der Waals surface area contributed by atoms with Crippen LogP contribution in [0, 0.1) is 0 Å². The van der Waals surface area contributed by atoms with Gasteiger partial charge in [-0.15, -0.1) is 0 Å². The van der Waals surface area contributed by atoms with Gasteiger partial charge in [0.2, 0.25) is 5.91 Å². The molecule has 0 saturated carbocycles. The molecule has 0 aliphatic carbocycles. The second-order valence-electron chi connectivity index (χ2n) is 5.93. The molecule has 0 radical (unpaired) electrons. The molecule has 1 aliphatic rings. The van der Waals surface area contributed by atoms with Gasteiger partial charge < -0.3 is 20.1 Å². The van der Waals surface area contributed by atoms with Crippen LogP contribution in [0.25, 0.3) is 0 Å². The third-order valence-electron chi connectivity index (χ3n) is 3.31. The SMILES string of the molecule is CC(=O)NC(C)c1cccc(NC=C2C(=O)OC(C)(C)OC2=O)c1. The quantitative estimate of drug-likeness (QED) is 0.498. The van der Waals surface area contributed by atoms with Crippen LogP contribution in [0.2, 0.25) is 0 Å². The van der Waals surface area contributed by atoms with Gasteiger partial charge >= 0.3 is 11.9 Å². The third kappa shape index (κ3) is 4.34. The van der Waals surface area contributed by atoms with Crippen LogP contribution in [-0.2, 0) is 23.9 Å². The number of carbonyl (C=O) groups excluding carboxylic acids is 3. The summed E-state index contributed by atoms with van der Waals surface area (Å²) in [5, 5.41) is 5.66. The number of carbonyl (C=O) groups is 3. The fourth-order valence-corrected chi connectivity index (χ4v) is 2.22. The topological polar surface area (TPSA) is 93.7 Å². The lowest BCUT2D eigenvalue weighted by molar-refractivity contribution is -0.222. The molecule has 1 fully saturated rings. The van der Waals surface area contributed by atoms with Gasteiger partial charge in [0.25, 0.3) is 5.79 Å². The van der Waals surface area contributed by atoms with E-state index in [1.165, 1.54) is 27.0 Å². The first-order valence-corrected chi connectivity index (χ1v) is 7.48. The Bertz CT molecular complexity index is 687. The second kappa shape index (κ2) is 6.74. The number of nitrogens with one attached hydrogen (secondary N) is 2. The van der Waals surface area contributed by atoms with Crippen LogP contribution in [0.1, 0.15) is 39.3 Å². The first kappa shape index (κ1) is 17.5. The first-order chi connectivity index (χ1) is 11.2. The smallest absolute Gasteiger partial charge is 0.350 e. The van der Waals surface area contributed by atoms with Gasteiger partial charge in [-0.25, -0.2) is 9.59 Å². The number of amides is 1. The zero-order valence-corrected chi connectivity index (χ0v) is 14.0. The molecule has 1 aliphatic heterocycles. The molecule has 0 bridgehead atoms. The molecule has 1 unspecified atom stereocenters. The summed E-state index contributed by atoms with van der Waals surface area (Å²) in [6.45, 7) is 6.28. The fourth-order valence-electron chi connectivity index (χ4n) is 2.22. The Morgan fingerprint density at radius 2 is 1.83 bits per heavy atom. The van der Waals surface area contributed by atoms with E-state index in [0.29, 0.717) is 5.69 Å². The number of esters is 2. The Morgan fingerprint density at radius 3 is 2.42 bits per heavy atom. The molecule has 2 N–H and O–H groups in total. The average Bonchev–Trinajstić information content (AvgIpc) is 2.44. The molecular weight excluding hydrogens is 312 g/mol. The Kier molecular flexibility index (Phi) is 4.92. The van der Waals surface area contributed by atoms with Crippen molar-refractivity contribution in [3.63, 3.8) is 0 Å². The lowest BCUT2D eigenvalue weighted by Gasteiger charge is -2.29. The fraction of sp³-hybridized carbons (Fsp3) is 0.353. The summed E-state index contributed by atoms with van der Waals surface area (Å²) in [5.74, 6) is -2.88. The number of rotatable bonds is 4. The normalized spacial score (nSPS) is 17.4. The zero-order valence-electron chi connectivity index (χ0n) is 14.0. The van der Waals surface area contributed by atoms with E-state index in [9.17, 15) is 14.4 Å². The van der Waals surface area contributed by atoms with E-state index in [-0.39, 0.29) is 17.5 Å². The van der Waals surface area contributed by atoms with Gasteiger partial charge in [0.1, 0.15) is 0 Å². The highest BCUT2D eigenvalue weighted by atomic mass is 16.7. The minimum absolute atomic E-state index is 0.127. The molecular formula is C17H20N2O5. The van der Waals surface area contributed by atoms with Crippen molar-refractivity contribution < 1.29 is 23.9 Å². The lowest BCUT2D eigenvalue weighted by atomic mass is 10.1. The molecule has 7 nitrogen and oxygen atoms in total. The number of anilines is 1. The van der Waals surface area contributed by atoms with Crippen molar-refractivity contribution >= 4 is 23.5 Å². The maximum absolute atomic E-state index is 11.9. The van der Waals surface area contributed by atoms with Gasteiger partial charge in [-0.1, -0.05) is 12.1 Å². The highest BCUT2D eigenvalue weighted by Crippen LogP contribution is 2.23. The van der Waals surface area contributed by atoms with Gasteiger partial charge in [0.05, 0.1) is 6.04 Å². The zero-order chi connectivity index (χ0) is 17.9. The molecule has 1 amide bonds. The molecule has 1 heterocycles. The summed E-state index contributed by atoms with van der Waals surface area (Å²) in [6, 6.07) is 7.08. The maximum atomic E-state index is 11.9. The highest BCUT2D eigenvalue weighted by Gasteiger charge is 2.38. The van der Waals surface area contributed by atoms with Crippen molar-refractivity contribution in [3.05, 3.63) is 41.6 Å². The summed E-state index contributed by atoms with van der Waals surface area (Å²) in [6.07, 6.45) is 1.25. The monoisotopic (exact) mass is 332 g/mol. The molecule has 1 aromatic carbocycles. The standard InChI is InChI=1S/C17H20N2O5/c1-10(19-11(2)20)12-6-5-7-13(8-12)18-9-14-15(21)23-17(3,4)24-16(14)22/h5-10,18H,1-4H3,(H,19,20). The number of ether oxygens (including phenoxy) is 2. The summed E-state index contributed by atoms with van der Waals surface area (Å²) in [5.41, 5.74) is 1.32. The van der Waals surface area contributed by atoms with Crippen molar-refractivity contribution in [2.75, 3.05) is 5.32 Å². The van der Waals surface area contributed by atoms with Gasteiger partial charge in [-0.2, -0.15) is 0 Å². The van der Waals surface area contributed by atoms with Gasteiger partial charge in [0, 0.05) is 32.7 Å². The third-order valence-corrected chi connectivity index (χ3v) is 3.31. The molecule has 1 saturated heterocycles. The Morgan fingerprint density at radius 1 is 1.21 bits per heavy atom. The van der Waals surface area contributed by atoms with E-state index < -0.39 is 17.7 Å². The van der Waals surface area contributed by atoms with Gasteiger partial charge in [-0.3, -0.25) is 4.79 Å². The summed E-state index contributed by atoms with van der Waals surface area (Å²) >= 11 is 0. The lowest BCUT2D eigenvalue weighted by Crippen LogP contribution is -2.42. The molecule has 128 valence electrons. The van der Waals surface area contributed by atoms with Crippen molar-refractivity contribution in [2.45, 2.75) is 39.5 Å². The van der Waals surface area contributed by atoms with Crippen LogP contribution in [-0.4, -0.2) is 23.6 Å². The van der Waals surface area contributed by atoms with E-state index in [4.69, 9.17) is 9.47 Å². The summed E-state index contributed by atoms with van der Waals surface area (Å²) in [4.78, 5) is 34.8. The number of cyclic esters (lactones) is 2. The van der Waals surface area contributed by atoms with E-state index in [2.05, 4.69) is 10.6 Å². The maximum Gasteiger partial charge on any atom is 0.350 e. The second-order valence-corrected chi connectivity index (χ2v) is 5.93. The van der Waals surface area contributed by atoms with E-state index >= 15 is 0 Å². The molecule has 2 rings (SSSR count). The number of hydrogen-bond donors (Lipinski definition) is 2. The molecule has 24 heavy (non-hydrogen) atoms. The average molecular weight is 332 g/mol. The molecule has 0 spiro atoms. The Hall–Kier alpha value is -2.83. The van der Waals surface area contributed by atoms with Gasteiger partial charge in [0.15, 0.2) is 5.57 Å². The molecule has 7 heteroatoms. The van der Waals surface area contributed by atoms with E-state index in [1.54, 1.807) is 18.2 Å². The van der Waals surface area contributed by atoms with Crippen LogP contribution >= 0.6 is 0 Å². The van der Waals surface area contributed by atoms with E-state index in [1.807, 2.05) is 13.0 Å². The van der Waals surface area contributed by atoms with Crippen LogP contribution in [0.4, 0.5) is 5.69 Å². The Balaban J connectivity index is 2.13. The molecule has 0 aromatic heterocycles. The van der Waals surface area contributed by atoms with Crippen LogP contribution in [0.3, 0.4) is 0 Å². The van der Waals surface area contributed by atoms with E-state index in [0.717, 1.165) is 5.56 Å². The molecule has 1 atom stereocenters. The van der Waals surface area contributed by atoms with Crippen LogP contribution in [0.5, 0.6) is 0 Å². The minimum Gasteiger partial charge on any atom is -0.419 e. The predicted octanol–water partition coefficient (Wildman–Crippen LogP) is 2.02. The number of hydrogen-bond acceptors (Lipinski definition) is 6. The van der Waals surface area contributed by atoms with Crippen molar-refractivity contribution in [2.24, 2.45) is 0 Å². The van der Waals surface area contributed by atoms with Crippen molar-refractivity contribution in [1.82, 2.24) is 5.32 Å². The van der Waals surface area contributed by atoms with Crippen molar-refractivity contribution in [3.8, 4) is 0 Å². The Labute approximate surface area is 140 Å². The van der Waals surface area contributed by atoms with Gasteiger partial charge in [-0.05, 0) is 24.6 Å². The minimum atomic E-state index is -1.26. The van der Waals surface area contributed by atoms with Crippen molar-refractivity contribution in [1.29, 1.82) is 0 Å². The largest absolute Gasteiger partial charge is 0.419 e. The predicted molar refractivity (Wildman–Crippen MR) is 86.6 cm³/mol. The first-order valence-electron chi connectivity index (χ1n) is 7.48. The number of benzene rings is 1. The molecule has 1 aromatic rings. The van der Waals surface area contributed by atoms with Crippen LogP contribution in [0.15, 0.2) is 36.0 Å². The highest BCUT2D eigenvalue weighted by molar-refractivity contribution is 6.15. The summed E-state index contributed by atoms with van der Waals surface area (Å²) in [7, 11) is 0. The summed E-state index contributed by atoms with van der Waals surface area (Å²) < 4.78 is 10.0. The van der Waals surface area contributed by atoms with Crippen LogP contribution < -0.4 is 10.6 Å².